The van der Waals surface area contributed by atoms with Crippen LogP contribution in [0.25, 0.3) is 0 Å². The van der Waals surface area contributed by atoms with Crippen LogP contribution in [0.15, 0.2) is 30.3 Å². The largest absolute Gasteiger partial charge is 0.370 e. The Morgan fingerprint density at radius 2 is 2.12 bits per heavy atom. The summed E-state index contributed by atoms with van der Waals surface area (Å²) in [5, 5.41) is 1.63. The molecule has 4 heteroatoms. The maximum absolute atomic E-state index is 11.2. The van der Waals surface area contributed by atoms with E-state index < -0.39 is 0 Å². The third kappa shape index (κ3) is 5.58. The Kier molecular flexibility index (Phi) is 6.37. The van der Waals surface area contributed by atoms with Crippen LogP contribution in [0.1, 0.15) is 24.8 Å². The minimum atomic E-state index is -0.243. The van der Waals surface area contributed by atoms with Crippen molar-refractivity contribution in [2.45, 2.75) is 25.8 Å². The predicted octanol–water partition coefficient (Wildman–Crippen LogP) is 2.40. The number of rotatable bonds is 7. The lowest BCUT2D eigenvalue weighted by atomic mass is 10.2. The van der Waals surface area contributed by atoms with E-state index in [1.165, 1.54) is 0 Å². The highest BCUT2D eigenvalue weighted by atomic mass is 32.1. The van der Waals surface area contributed by atoms with Crippen molar-refractivity contribution >= 4 is 23.6 Å². The van der Waals surface area contributed by atoms with E-state index in [9.17, 15) is 4.79 Å². The molecule has 1 aromatic carbocycles. The van der Waals surface area contributed by atoms with Gasteiger partial charge in [0, 0.05) is 6.42 Å². The summed E-state index contributed by atoms with van der Waals surface area (Å²) >= 11 is 4.66. The molecule has 0 heterocycles. The summed E-state index contributed by atoms with van der Waals surface area (Å²) in [6.45, 7) is 0.528. The van der Waals surface area contributed by atoms with Crippen molar-refractivity contribution in [2.75, 3.05) is 0 Å². The second-order valence-electron chi connectivity index (χ2n) is 3.34. The van der Waals surface area contributed by atoms with E-state index in [1.807, 2.05) is 30.3 Å². The molecule has 0 spiro atoms. The smallest absolute Gasteiger partial charge is 0.324 e. The average molecular weight is 237 g/mol. The predicted molar refractivity (Wildman–Crippen MR) is 66.9 cm³/mol. The summed E-state index contributed by atoms with van der Waals surface area (Å²) < 4.78 is 0. The minimum absolute atomic E-state index is 0.243. The molecule has 1 N–H and O–H groups in total. The molecule has 0 aliphatic rings. The number of carbonyl (C=O) groups is 1. The third-order valence-corrected chi connectivity index (χ3v) is 2.24. The molecule has 86 valence electrons. The molecule has 0 aliphatic carbocycles. The Labute approximate surface area is 101 Å². The fourth-order valence-electron chi connectivity index (χ4n) is 1.18. The number of benzene rings is 1. The quantitative estimate of drug-likeness (QED) is 0.449. The summed E-state index contributed by atoms with van der Waals surface area (Å²) in [6, 6.07) is 9.76. The molecule has 1 aromatic rings. The first kappa shape index (κ1) is 12.8. The molecule has 0 atom stereocenters. The monoisotopic (exact) mass is 237 g/mol. The lowest BCUT2D eigenvalue weighted by molar-refractivity contribution is -0.151. The van der Waals surface area contributed by atoms with Crippen LogP contribution in [-0.2, 0) is 16.2 Å². The summed E-state index contributed by atoms with van der Waals surface area (Å²) in [4.78, 5) is 16.0. The van der Waals surface area contributed by atoms with Gasteiger partial charge in [-0.25, -0.2) is 0 Å². The van der Waals surface area contributed by atoms with Crippen molar-refractivity contribution in [3.8, 4) is 0 Å². The van der Waals surface area contributed by atoms with Crippen LogP contribution in [0, 0.1) is 0 Å². The number of nitrogens with one attached hydrogen (secondary N) is 1. The van der Waals surface area contributed by atoms with Crippen LogP contribution in [0.2, 0.25) is 0 Å². The Bertz CT molecular complexity index is 327. The summed E-state index contributed by atoms with van der Waals surface area (Å²) in [5.41, 5.74) is 3.72. The Balaban J connectivity index is 2.11. The van der Waals surface area contributed by atoms with Gasteiger partial charge in [-0.3, -0.25) is 4.79 Å². The summed E-state index contributed by atoms with van der Waals surface area (Å²) in [7, 11) is 0. The normalized spacial score (nSPS) is 9.75. The van der Waals surface area contributed by atoms with Gasteiger partial charge in [0.25, 0.3) is 0 Å². The van der Waals surface area contributed by atoms with Gasteiger partial charge in [-0.1, -0.05) is 42.5 Å². The van der Waals surface area contributed by atoms with Gasteiger partial charge in [-0.2, -0.15) is 0 Å². The van der Waals surface area contributed by atoms with Crippen LogP contribution >= 0.6 is 12.2 Å². The van der Waals surface area contributed by atoms with Gasteiger partial charge in [-0.15, -0.1) is 5.48 Å². The molecule has 0 amide bonds. The lowest BCUT2D eigenvalue weighted by Crippen LogP contribution is -2.19. The molecule has 0 saturated carbocycles. The van der Waals surface area contributed by atoms with Crippen molar-refractivity contribution in [1.29, 1.82) is 0 Å². The van der Waals surface area contributed by atoms with Crippen molar-refractivity contribution in [2.24, 2.45) is 0 Å². The molecular formula is C12H15NO2S. The second-order valence-corrected chi connectivity index (χ2v) is 3.67. The minimum Gasteiger partial charge on any atom is -0.370 e. The van der Waals surface area contributed by atoms with E-state index in [-0.39, 0.29) is 5.97 Å². The molecule has 16 heavy (non-hydrogen) atoms. The molecule has 0 aliphatic heterocycles. The van der Waals surface area contributed by atoms with Crippen molar-refractivity contribution in [3.63, 3.8) is 0 Å². The molecule has 0 radical (unpaired) electrons. The first-order chi connectivity index (χ1) is 7.83. The van der Waals surface area contributed by atoms with Crippen molar-refractivity contribution in [3.05, 3.63) is 35.9 Å². The zero-order valence-corrected chi connectivity index (χ0v) is 9.83. The molecule has 0 bridgehead atoms. The molecule has 3 nitrogen and oxygen atoms in total. The topological polar surface area (TPSA) is 38.3 Å². The molecular weight excluding hydrogens is 222 g/mol. The second kappa shape index (κ2) is 7.96. The Morgan fingerprint density at radius 1 is 1.38 bits per heavy atom. The molecule has 0 fully saturated rings. The maximum Gasteiger partial charge on any atom is 0.324 e. The summed E-state index contributed by atoms with van der Waals surface area (Å²) in [6.07, 6.45) is 1.91. The van der Waals surface area contributed by atoms with Crippen LogP contribution in [0.4, 0.5) is 0 Å². The SMILES string of the molecule is O=C(CCCC=S)ONCc1ccccc1. The van der Waals surface area contributed by atoms with Gasteiger partial charge in [0.05, 0.1) is 6.54 Å². The number of hydroxylamine groups is 1. The number of hydrogen-bond donors (Lipinski definition) is 1. The van der Waals surface area contributed by atoms with E-state index in [0.29, 0.717) is 13.0 Å². The fourth-order valence-corrected chi connectivity index (χ4v) is 1.34. The Morgan fingerprint density at radius 3 is 2.81 bits per heavy atom. The number of thiocarbonyl (C=S) groups is 1. The fraction of sp³-hybridized carbons (Fsp3) is 0.333. The van der Waals surface area contributed by atoms with Crippen LogP contribution in [0.3, 0.4) is 0 Å². The highest BCUT2D eigenvalue weighted by Gasteiger charge is 2.01. The van der Waals surface area contributed by atoms with Crippen LogP contribution in [-0.4, -0.2) is 11.3 Å². The van der Waals surface area contributed by atoms with Crippen molar-refractivity contribution < 1.29 is 9.63 Å². The maximum atomic E-state index is 11.2. The van der Waals surface area contributed by atoms with Gasteiger partial charge < -0.3 is 4.84 Å². The third-order valence-electron chi connectivity index (χ3n) is 2.01. The summed E-state index contributed by atoms with van der Waals surface area (Å²) in [5.74, 6) is -0.243. The zero-order valence-electron chi connectivity index (χ0n) is 9.02. The first-order valence-corrected chi connectivity index (χ1v) is 5.70. The highest BCUT2D eigenvalue weighted by Crippen LogP contribution is 1.98. The van der Waals surface area contributed by atoms with E-state index in [1.54, 1.807) is 5.37 Å². The van der Waals surface area contributed by atoms with Crippen LogP contribution < -0.4 is 5.48 Å². The lowest BCUT2D eigenvalue weighted by Gasteiger charge is -2.05. The molecule has 0 aromatic heterocycles. The highest BCUT2D eigenvalue weighted by molar-refractivity contribution is 7.78. The van der Waals surface area contributed by atoms with Gasteiger partial charge in [0.2, 0.25) is 0 Å². The zero-order chi connectivity index (χ0) is 11.6. The Hall–Kier alpha value is -1.26. The van der Waals surface area contributed by atoms with Gasteiger partial charge in [0.1, 0.15) is 0 Å². The number of unbranched alkanes of at least 4 members (excludes halogenated alkanes) is 1. The standard InChI is InChI=1S/C12H15NO2S/c14-12(8-4-5-9-16)15-13-10-11-6-2-1-3-7-11/h1-3,6-7,9,13H,4-5,8,10H2. The van der Waals surface area contributed by atoms with Crippen molar-refractivity contribution in [1.82, 2.24) is 5.48 Å². The van der Waals surface area contributed by atoms with Gasteiger partial charge in [0.15, 0.2) is 0 Å². The number of hydrogen-bond acceptors (Lipinski definition) is 4. The van der Waals surface area contributed by atoms with Crippen LogP contribution in [0.5, 0.6) is 0 Å². The van der Waals surface area contributed by atoms with E-state index in [2.05, 4.69) is 17.7 Å². The van der Waals surface area contributed by atoms with E-state index in [0.717, 1.165) is 18.4 Å². The number of carbonyl (C=O) groups excluding carboxylic acids is 1. The molecule has 1 rings (SSSR count). The molecule has 0 saturated heterocycles. The van der Waals surface area contributed by atoms with Gasteiger partial charge in [-0.05, 0) is 23.8 Å². The van der Waals surface area contributed by atoms with E-state index in [4.69, 9.17) is 4.84 Å². The van der Waals surface area contributed by atoms with E-state index >= 15 is 0 Å². The molecule has 0 unspecified atom stereocenters. The first-order valence-electron chi connectivity index (χ1n) is 5.23. The average Bonchev–Trinajstić information content (AvgIpc) is 2.31. The van der Waals surface area contributed by atoms with Gasteiger partial charge >= 0.3 is 5.97 Å².